The molecule has 1 unspecified atom stereocenters. The summed E-state index contributed by atoms with van der Waals surface area (Å²) in [6, 6.07) is 8.38. The topological polar surface area (TPSA) is 114 Å². The molecule has 1 aromatic carbocycles. The van der Waals surface area contributed by atoms with Crippen LogP contribution >= 0.6 is 0 Å². The molecule has 0 aliphatic heterocycles. The molecule has 2 aromatic rings. The van der Waals surface area contributed by atoms with Crippen molar-refractivity contribution in [2.75, 3.05) is 5.32 Å². The van der Waals surface area contributed by atoms with Crippen molar-refractivity contribution in [2.45, 2.75) is 12.8 Å². The highest BCUT2D eigenvalue weighted by Gasteiger charge is 2.16. The van der Waals surface area contributed by atoms with Crippen LogP contribution in [0.3, 0.4) is 0 Å². The zero-order valence-corrected chi connectivity index (χ0v) is 11.9. The van der Waals surface area contributed by atoms with Crippen molar-refractivity contribution in [2.24, 2.45) is 5.73 Å². The number of hydrogen-bond acceptors (Lipinski definition) is 4. The number of aromatic nitrogens is 1. The first-order valence-corrected chi connectivity index (χ1v) is 6.60. The summed E-state index contributed by atoms with van der Waals surface area (Å²) in [6.07, 6.45) is -0.607. The smallest absolute Gasteiger partial charge is 0.323 e. The molecule has 0 aliphatic carbocycles. The molecule has 7 nitrogen and oxygen atoms in total. The zero-order valence-electron chi connectivity index (χ0n) is 11.9. The number of amides is 1. The summed E-state index contributed by atoms with van der Waals surface area (Å²) in [5.41, 5.74) is 4.96. The van der Waals surface area contributed by atoms with E-state index in [1.54, 1.807) is 12.1 Å². The van der Waals surface area contributed by atoms with E-state index in [0.29, 0.717) is 0 Å². The first-order valence-electron chi connectivity index (χ1n) is 6.60. The number of carboxylic acids is 1. The largest absolute Gasteiger partial charge is 0.480 e. The molecule has 23 heavy (non-hydrogen) atoms. The van der Waals surface area contributed by atoms with Gasteiger partial charge < -0.3 is 15.0 Å². The fraction of sp³-hybridized carbons (Fsp3) is 0.133. The number of carbonyl (C=O) groups excluding carboxylic acids is 1. The molecule has 0 bridgehead atoms. The molecular weight excluding hydrogens is 305 g/mol. The van der Waals surface area contributed by atoms with Gasteiger partial charge in [-0.15, -0.1) is 0 Å². The normalized spacial score (nSPS) is 11.7. The Morgan fingerprint density at radius 1 is 1.26 bits per heavy atom. The van der Waals surface area contributed by atoms with Crippen LogP contribution in [0.25, 0.3) is 0 Å². The number of rotatable bonds is 5. The molecule has 1 heterocycles. The number of anilines is 1. The van der Waals surface area contributed by atoms with Crippen LogP contribution in [0.5, 0.6) is 0 Å². The maximum atomic E-state index is 13.3. The number of carbonyl (C=O) groups is 2. The number of nitrogens with two attached hydrogens (primary N) is 1. The molecule has 0 spiro atoms. The van der Waals surface area contributed by atoms with E-state index in [9.17, 15) is 18.8 Å². The Bertz CT molecular complexity index is 801. The molecule has 8 heteroatoms. The Morgan fingerprint density at radius 3 is 2.61 bits per heavy atom. The lowest BCUT2D eigenvalue weighted by atomic mass is 10.1. The average Bonchev–Trinajstić information content (AvgIpc) is 2.50. The second-order valence-electron chi connectivity index (χ2n) is 4.72. The Kier molecular flexibility index (Phi) is 4.87. The third kappa shape index (κ3) is 4.01. The van der Waals surface area contributed by atoms with Crippen LogP contribution in [0, 0.1) is 0 Å². The predicted octanol–water partition coefficient (Wildman–Crippen LogP) is 1.11. The van der Waals surface area contributed by atoms with E-state index < -0.39 is 30.3 Å². The van der Waals surface area contributed by atoms with E-state index in [-0.39, 0.29) is 16.8 Å². The standard InChI is InChI=1S/C15H14FN3O4/c16-14(17)10-3-1-2-4-11(10)15(23)18-9-5-6-12(20)19(7-9)8-13(21)22/h1-7,14H,8,17H2,(H,18,23)(H,21,22). The van der Waals surface area contributed by atoms with Gasteiger partial charge in [-0.2, -0.15) is 0 Å². The third-order valence-electron chi connectivity index (χ3n) is 3.05. The van der Waals surface area contributed by atoms with E-state index in [1.807, 2.05) is 0 Å². The molecule has 0 aliphatic rings. The van der Waals surface area contributed by atoms with E-state index in [0.717, 1.165) is 10.6 Å². The van der Waals surface area contributed by atoms with Gasteiger partial charge in [-0.3, -0.25) is 20.1 Å². The number of benzene rings is 1. The lowest BCUT2D eigenvalue weighted by Crippen LogP contribution is -2.24. The molecule has 4 N–H and O–H groups in total. The molecule has 120 valence electrons. The lowest BCUT2D eigenvalue weighted by molar-refractivity contribution is -0.137. The van der Waals surface area contributed by atoms with Gasteiger partial charge in [0, 0.05) is 23.4 Å². The number of aliphatic carboxylic acids is 1. The molecule has 2 rings (SSSR count). The van der Waals surface area contributed by atoms with Gasteiger partial charge in [-0.25, -0.2) is 4.39 Å². The van der Waals surface area contributed by atoms with Crippen molar-refractivity contribution in [3.05, 3.63) is 64.1 Å². The minimum Gasteiger partial charge on any atom is -0.480 e. The summed E-state index contributed by atoms with van der Waals surface area (Å²) >= 11 is 0. The molecule has 1 atom stereocenters. The van der Waals surface area contributed by atoms with Gasteiger partial charge >= 0.3 is 5.97 Å². The van der Waals surface area contributed by atoms with Crippen molar-refractivity contribution in [1.82, 2.24) is 4.57 Å². The number of hydrogen-bond donors (Lipinski definition) is 3. The molecule has 1 amide bonds. The highest BCUT2D eigenvalue weighted by Crippen LogP contribution is 2.18. The van der Waals surface area contributed by atoms with Crippen LogP contribution in [-0.2, 0) is 11.3 Å². The summed E-state index contributed by atoms with van der Waals surface area (Å²) in [5.74, 6) is -1.81. The molecule has 0 saturated heterocycles. The number of halogens is 1. The van der Waals surface area contributed by atoms with Gasteiger partial charge in [0.15, 0.2) is 6.30 Å². The van der Waals surface area contributed by atoms with Gasteiger partial charge in [-0.05, 0) is 12.1 Å². The van der Waals surface area contributed by atoms with Crippen molar-refractivity contribution >= 4 is 17.6 Å². The minimum absolute atomic E-state index is 0.0313. The summed E-state index contributed by atoms with van der Waals surface area (Å²) in [7, 11) is 0. The summed E-state index contributed by atoms with van der Waals surface area (Å²) in [6.45, 7) is -0.533. The molecule has 0 saturated carbocycles. The van der Waals surface area contributed by atoms with Gasteiger partial charge in [0.05, 0.1) is 5.69 Å². The Balaban J connectivity index is 2.28. The zero-order chi connectivity index (χ0) is 17.0. The Labute approximate surface area is 130 Å². The minimum atomic E-state index is -1.81. The number of carboxylic acid groups (broad SMARTS) is 1. The quantitative estimate of drug-likeness (QED) is 0.714. The van der Waals surface area contributed by atoms with Crippen LogP contribution in [-0.4, -0.2) is 21.6 Å². The number of nitrogens with one attached hydrogen (secondary N) is 1. The summed E-state index contributed by atoms with van der Waals surface area (Å²) in [5, 5.41) is 11.2. The van der Waals surface area contributed by atoms with Gasteiger partial charge in [0.2, 0.25) is 0 Å². The molecule has 0 fully saturated rings. The highest BCUT2D eigenvalue weighted by molar-refractivity contribution is 6.05. The summed E-state index contributed by atoms with van der Waals surface area (Å²) in [4.78, 5) is 34.4. The van der Waals surface area contributed by atoms with Crippen LogP contribution in [0.15, 0.2) is 47.4 Å². The van der Waals surface area contributed by atoms with E-state index in [4.69, 9.17) is 10.8 Å². The third-order valence-corrected chi connectivity index (χ3v) is 3.05. The fourth-order valence-electron chi connectivity index (χ4n) is 2.02. The van der Waals surface area contributed by atoms with Crippen LogP contribution in [0.1, 0.15) is 22.2 Å². The first-order chi connectivity index (χ1) is 10.9. The molecular formula is C15H14FN3O4. The van der Waals surface area contributed by atoms with Crippen molar-refractivity contribution < 1.29 is 19.1 Å². The van der Waals surface area contributed by atoms with Gasteiger partial charge in [-0.1, -0.05) is 18.2 Å². The van der Waals surface area contributed by atoms with Crippen molar-refractivity contribution in [1.29, 1.82) is 0 Å². The number of nitrogens with zero attached hydrogens (tertiary/aromatic N) is 1. The Morgan fingerprint density at radius 2 is 1.96 bits per heavy atom. The van der Waals surface area contributed by atoms with Crippen molar-refractivity contribution in [3.63, 3.8) is 0 Å². The Hall–Kier alpha value is -3.00. The molecule has 0 radical (unpaired) electrons. The van der Waals surface area contributed by atoms with Crippen molar-refractivity contribution in [3.8, 4) is 0 Å². The van der Waals surface area contributed by atoms with Crippen LogP contribution in [0.4, 0.5) is 10.1 Å². The lowest BCUT2D eigenvalue weighted by Gasteiger charge is -2.11. The number of alkyl halides is 1. The van der Waals surface area contributed by atoms with E-state index in [2.05, 4.69) is 5.32 Å². The van der Waals surface area contributed by atoms with Crippen LogP contribution in [0.2, 0.25) is 0 Å². The maximum absolute atomic E-state index is 13.3. The monoisotopic (exact) mass is 319 g/mol. The maximum Gasteiger partial charge on any atom is 0.323 e. The van der Waals surface area contributed by atoms with Gasteiger partial charge in [0.1, 0.15) is 6.54 Å². The average molecular weight is 319 g/mol. The van der Waals surface area contributed by atoms with Gasteiger partial charge in [0.25, 0.3) is 11.5 Å². The highest BCUT2D eigenvalue weighted by atomic mass is 19.1. The molecule has 1 aromatic heterocycles. The van der Waals surface area contributed by atoms with Crippen LogP contribution < -0.4 is 16.6 Å². The fourth-order valence-corrected chi connectivity index (χ4v) is 2.02. The van der Waals surface area contributed by atoms with E-state index >= 15 is 0 Å². The second kappa shape index (κ2) is 6.84. The first kappa shape index (κ1) is 16.4. The number of pyridine rings is 1. The SMILES string of the molecule is NC(F)c1ccccc1C(=O)Nc1ccc(=O)n(CC(=O)O)c1. The summed E-state index contributed by atoms with van der Waals surface area (Å²) < 4.78 is 14.3. The van der Waals surface area contributed by atoms with E-state index in [1.165, 1.54) is 24.4 Å². The second-order valence-corrected chi connectivity index (χ2v) is 4.72. The predicted molar refractivity (Wildman–Crippen MR) is 80.8 cm³/mol.